The van der Waals surface area contributed by atoms with Crippen molar-refractivity contribution in [3.05, 3.63) is 65.0 Å². The average Bonchev–Trinajstić information content (AvgIpc) is 2.57. The number of benzene rings is 2. The predicted molar refractivity (Wildman–Crippen MR) is 89.1 cm³/mol. The van der Waals surface area contributed by atoms with Crippen LogP contribution in [0, 0.1) is 5.82 Å². The molecule has 0 aliphatic rings. The highest BCUT2D eigenvalue weighted by Crippen LogP contribution is 2.16. The van der Waals surface area contributed by atoms with Gasteiger partial charge in [-0.15, -0.1) is 0 Å². The summed E-state index contributed by atoms with van der Waals surface area (Å²) >= 11 is 0. The van der Waals surface area contributed by atoms with Crippen LogP contribution in [0.5, 0.6) is 0 Å². The molecule has 0 saturated carbocycles. The monoisotopic (exact) mass is 330 g/mol. The Morgan fingerprint density at radius 2 is 1.75 bits per heavy atom. The maximum Gasteiger partial charge on any atom is 0.251 e. The number of rotatable bonds is 6. The Bertz CT molecular complexity index is 730. The summed E-state index contributed by atoms with van der Waals surface area (Å²) in [5.41, 5.74) is 2.12. The molecule has 0 aromatic heterocycles. The van der Waals surface area contributed by atoms with Gasteiger partial charge in [-0.05, 0) is 35.7 Å². The van der Waals surface area contributed by atoms with E-state index in [1.54, 1.807) is 0 Å². The average molecular weight is 330 g/mol. The van der Waals surface area contributed by atoms with Crippen molar-refractivity contribution in [2.24, 2.45) is 0 Å². The molecule has 0 radical (unpaired) electrons. The Morgan fingerprint density at radius 1 is 1.08 bits per heavy atom. The van der Waals surface area contributed by atoms with Crippen LogP contribution in [0.25, 0.3) is 0 Å². The van der Waals surface area contributed by atoms with Crippen LogP contribution in [0.4, 0.5) is 10.1 Å². The van der Waals surface area contributed by atoms with Gasteiger partial charge in [-0.2, -0.15) is 0 Å². The van der Waals surface area contributed by atoms with Crippen LogP contribution < -0.4 is 10.6 Å². The summed E-state index contributed by atoms with van der Waals surface area (Å²) in [6.45, 7) is 1.69. The summed E-state index contributed by atoms with van der Waals surface area (Å²) < 4.78 is 13.6. The van der Waals surface area contributed by atoms with Gasteiger partial charge in [0, 0.05) is 19.0 Å². The lowest BCUT2D eigenvalue weighted by molar-refractivity contribution is -0.114. The van der Waals surface area contributed by atoms with Crippen LogP contribution in [0.2, 0.25) is 0 Å². The third-order valence-electron chi connectivity index (χ3n) is 3.44. The van der Waals surface area contributed by atoms with E-state index in [2.05, 4.69) is 10.6 Å². The highest BCUT2D eigenvalue weighted by atomic mass is 19.1. The molecular formula is C18H19FN2O3. The standard InChI is InChI=1S/C18H19FN2O3/c1-12(23)21-17-10-15(6-7-16(17)19)18(24)20-9-8-13-2-4-14(11-22)5-3-13/h2-7,10,22H,8-9,11H2,1H3,(H,20,24)(H,21,23). The molecule has 5 nitrogen and oxygen atoms in total. The smallest absolute Gasteiger partial charge is 0.251 e. The number of aliphatic hydroxyl groups is 1. The van der Waals surface area contributed by atoms with E-state index < -0.39 is 11.7 Å². The first kappa shape index (κ1) is 17.6. The van der Waals surface area contributed by atoms with Crippen LogP contribution in [-0.2, 0) is 17.8 Å². The third-order valence-corrected chi connectivity index (χ3v) is 3.44. The molecule has 0 saturated heterocycles. The Kier molecular flexibility index (Phi) is 6.03. The van der Waals surface area contributed by atoms with E-state index in [0.29, 0.717) is 13.0 Å². The number of aliphatic hydroxyl groups excluding tert-OH is 1. The van der Waals surface area contributed by atoms with Crippen molar-refractivity contribution in [1.82, 2.24) is 5.32 Å². The third kappa shape index (κ3) is 4.89. The fraction of sp³-hybridized carbons (Fsp3) is 0.222. The highest BCUT2D eigenvalue weighted by Gasteiger charge is 2.10. The maximum absolute atomic E-state index is 13.6. The van der Waals surface area contributed by atoms with Gasteiger partial charge in [0.2, 0.25) is 5.91 Å². The quantitative estimate of drug-likeness (QED) is 0.760. The minimum absolute atomic E-state index is 0.00177. The Labute approximate surface area is 139 Å². The summed E-state index contributed by atoms with van der Waals surface area (Å²) in [5, 5.41) is 14.1. The van der Waals surface area contributed by atoms with Gasteiger partial charge >= 0.3 is 0 Å². The van der Waals surface area contributed by atoms with Gasteiger partial charge in [-0.3, -0.25) is 9.59 Å². The molecule has 0 unspecified atom stereocenters. The molecule has 3 N–H and O–H groups in total. The molecule has 2 rings (SSSR count). The number of amides is 2. The van der Waals surface area contributed by atoms with Crippen LogP contribution >= 0.6 is 0 Å². The van der Waals surface area contributed by atoms with Crippen LogP contribution in [0.1, 0.15) is 28.4 Å². The molecule has 2 aromatic carbocycles. The van der Waals surface area contributed by atoms with Crippen molar-refractivity contribution in [3.63, 3.8) is 0 Å². The molecule has 6 heteroatoms. The zero-order chi connectivity index (χ0) is 17.5. The Morgan fingerprint density at radius 3 is 2.38 bits per heavy atom. The number of nitrogens with one attached hydrogen (secondary N) is 2. The number of anilines is 1. The molecule has 0 bridgehead atoms. The summed E-state index contributed by atoms with van der Waals surface area (Å²) in [7, 11) is 0. The number of hydrogen-bond acceptors (Lipinski definition) is 3. The van der Waals surface area contributed by atoms with E-state index in [1.165, 1.54) is 19.1 Å². The van der Waals surface area contributed by atoms with E-state index in [4.69, 9.17) is 5.11 Å². The summed E-state index contributed by atoms with van der Waals surface area (Å²) in [4.78, 5) is 23.1. The molecule has 0 aliphatic carbocycles. The Balaban J connectivity index is 1.93. The molecule has 0 spiro atoms. The van der Waals surface area contributed by atoms with Crippen molar-refractivity contribution in [3.8, 4) is 0 Å². The van der Waals surface area contributed by atoms with Crippen LogP contribution in [0.15, 0.2) is 42.5 Å². The zero-order valence-corrected chi connectivity index (χ0v) is 13.3. The van der Waals surface area contributed by atoms with Crippen molar-refractivity contribution in [2.75, 3.05) is 11.9 Å². The minimum Gasteiger partial charge on any atom is -0.392 e. The second kappa shape index (κ2) is 8.21. The van der Waals surface area contributed by atoms with Gasteiger partial charge in [0.05, 0.1) is 12.3 Å². The van der Waals surface area contributed by atoms with Crippen molar-refractivity contribution in [1.29, 1.82) is 0 Å². The fourth-order valence-corrected chi connectivity index (χ4v) is 2.19. The van der Waals surface area contributed by atoms with Gasteiger partial charge in [0.1, 0.15) is 5.82 Å². The van der Waals surface area contributed by atoms with E-state index in [-0.39, 0.29) is 23.8 Å². The van der Waals surface area contributed by atoms with Gasteiger partial charge in [0.25, 0.3) is 5.91 Å². The normalized spacial score (nSPS) is 10.3. The topological polar surface area (TPSA) is 78.4 Å². The van der Waals surface area contributed by atoms with E-state index in [9.17, 15) is 14.0 Å². The van der Waals surface area contributed by atoms with Gasteiger partial charge in [0.15, 0.2) is 0 Å². The van der Waals surface area contributed by atoms with Gasteiger partial charge in [-0.1, -0.05) is 24.3 Å². The molecule has 126 valence electrons. The fourth-order valence-electron chi connectivity index (χ4n) is 2.19. The zero-order valence-electron chi connectivity index (χ0n) is 13.3. The van der Waals surface area contributed by atoms with Gasteiger partial charge in [-0.25, -0.2) is 4.39 Å². The second-order valence-corrected chi connectivity index (χ2v) is 5.36. The highest BCUT2D eigenvalue weighted by molar-refractivity contribution is 5.96. The van der Waals surface area contributed by atoms with Crippen LogP contribution in [-0.4, -0.2) is 23.5 Å². The molecule has 0 heterocycles. The molecule has 0 aliphatic heterocycles. The molecular weight excluding hydrogens is 311 g/mol. The second-order valence-electron chi connectivity index (χ2n) is 5.36. The Hall–Kier alpha value is -2.73. The first-order chi connectivity index (χ1) is 11.5. The predicted octanol–water partition coefficient (Wildman–Crippen LogP) is 2.25. The summed E-state index contributed by atoms with van der Waals surface area (Å²) in [6.07, 6.45) is 0.636. The van der Waals surface area contributed by atoms with Crippen molar-refractivity contribution in [2.45, 2.75) is 20.0 Å². The molecule has 2 aromatic rings. The van der Waals surface area contributed by atoms with Gasteiger partial charge < -0.3 is 15.7 Å². The first-order valence-electron chi connectivity index (χ1n) is 7.53. The molecule has 24 heavy (non-hydrogen) atoms. The molecule has 0 fully saturated rings. The lowest BCUT2D eigenvalue weighted by atomic mass is 10.1. The van der Waals surface area contributed by atoms with E-state index in [1.807, 2.05) is 24.3 Å². The SMILES string of the molecule is CC(=O)Nc1cc(C(=O)NCCc2ccc(CO)cc2)ccc1F. The minimum atomic E-state index is -0.592. The number of hydrogen-bond donors (Lipinski definition) is 3. The lowest BCUT2D eigenvalue weighted by Crippen LogP contribution is -2.26. The number of carbonyl (C=O) groups excluding carboxylic acids is 2. The summed E-state index contributed by atoms with van der Waals surface area (Å²) in [6, 6.07) is 11.3. The first-order valence-corrected chi connectivity index (χ1v) is 7.53. The summed E-state index contributed by atoms with van der Waals surface area (Å²) in [5.74, 6) is -1.34. The van der Waals surface area contributed by atoms with E-state index >= 15 is 0 Å². The number of halogens is 1. The van der Waals surface area contributed by atoms with E-state index in [0.717, 1.165) is 17.2 Å². The van der Waals surface area contributed by atoms with Crippen molar-refractivity contribution >= 4 is 17.5 Å². The van der Waals surface area contributed by atoms with Crippen molar-refractivity contribution < 1.29 is 19.1 Å². The largest absolute Gasteiger partial charge is 0.392 e. The lowest BCUT2D eigenvalue weighted by Gasteiger charge is -2.09. The number of carbonyl (C=O) groups is 2. The molecule has 2 amide bonds. The maximum atomic E-state index is 13.6. The van der Waals surface area contributed by atoms with Crippen LogP contribution in [0.3, 0.4) is 0 Å². The molecule has 0 atom stereocenters.